The molecule has 6 aromatic rings. The number of oxazole rings is 1. The lowest BCUT2D eigenvalue weighted by Gasteiger charge is -2.30. The van der Waals surface area contributed by atoms with E-state index in [0.29, 0.717) is 54.9 Å². The number of carboxylic acids is 1. The minimum Gasteiger partial charge on any atom is -0.481 e. The third kappa shape index (κ3) is 5.66. The number of aromatic nitrogens is 4. The Kier molecular flexibility index (Phi) is 7.64. The lowest BCUT2D eigenvalue weighted by molar-refractivity contribution is -0.136. The Labute approximate surface area is 263 Å². The van der Waals surface area contributed by atoms with Crippen LogP contribution in [0.15, 0.2) is 77.6 Å². The number of carboxylic acid groups (broad SMARTS) is 1. The zero-order chi connectivity index (χ0) is 31.8. The molecule has 0 saturated heterocycles. The van der Waals surface area contributed by atoms with Crippen molar-refractivity contribution in [3.63, 3.8) is 0 Å². The number of nitrogens with zero attached hydrogens (tertiary/aromatic N) is 2. The van der Waals surface area contributed by atoms with Crippen molar-refractivity contribution in [2.24, 2.45) is 0 Å². The van der Waals surface area contributed by atoms with Crippen LogP contribution in [-0.2, 0) is 35.9 Å². The summed E-state index contributed by atoms with van der Waals surface area (Å²) in [5.74, 6) is 0.0414. The first-order valence-corrected chi connectivity index (χ1v) is 15.3. The zero-order valence-corrected chi connectivity index (χ0v) is 25.2. The molecule has 3 aromatic carbocycles. The van der Waals surface area contributed by atoms with Gasteiger partial charge >= 0.3 is 5.97 Å². The molecule has 1 atom stereocenters. The number of benzene rings is 3. The second-order valence-electron chi connectivity index (χ2n) is 12.0. The number of rotatable bonds is 4. The number of ether oxygens (including phenoxy) is 1. The molecule has 0 amide bonds. The van der Waals surface area contributed by atoms with Crippen LogP contribution in [-0.4, -0.2) is 31.0 Å². The summed E-state index contributed by atoms with van der Waals surface area (Å²) in [4.78, 5) is 26.8. The Morgan fingerprint density at radius 1 is 1.02 bits per heavy atom. The molecule has 10 heteroatoms. The molecule has 0 radical (unpaired) electrons. The van der Waals surface area contributed by atoms with Gasteiger partial charge in [0.2, 0.25) is 0 Å². The minimum atomic E-state index is -0.852. The summed E-state index contributed by atoms with van der Waals surface area (Å²) in [5, 5.41) is 10.0. The molecular formula is C36H32F2N4O4. The monoisotopic (exact) mass is 622 g/mol. The van der Waals surface area contributed by atoms with E-state index in [-0.39, 0.29) is 23.5 Å². The molecule has 7 rings (SSSR count). The van der Waals surface area contributed by atoms with Gasteiger partial charge in [-0.3, -0.25) is 4.79 Å². The van der Waals surface area contributed by atoms with Crippen LogP contribution in [0.2, 0.25) is 0 Å². The van der Waals surface area contributed by atoms with Gasteiger partial charge in [0.1, 0.15) is 23.2 Å². The molecule has 234 valence electrons. The minimum absolute atomic E-state index is 0.0321. The lowest BCUT2D eigenvalue weighted by atomic mass is 9.75. The fourth-order valence-electron chi connectivity index (χ4n) is 6.37. The highest BCUT2D eigenvalue weighted by Gasteiger charge is 2.32. The molecule has 46 heavy (non-hydrogen) atoms. The van der Waals surface area contributed by atoms with E-state index < -0.39 is 23.0 Å². The summed E-state index contributed by atoms with van der Waals surface area (Å²) in [5.41, 5.74) is 3.60. The van der Waals surface area contributed by atoms with Crippen molar-refractivity contribution in [3.05, 3.63) is 119 Å². The summed E-state index contributed by atoms with van der Waals surface area (Å²) in [6.07, 6.45) is 8.56. The largest absolute Gasteiger partial charge is 0.481 e. The average Bonchev–Trinajstić information content (AvgIpc) is 3.82. The van der Waals surface area contributed by atoms with Crippen molar-refractivity contribution >= 4 is 16.9 Å². The van der Waals surface area contributed by atoms with Gasteiger partial charge in [0, 0.05) is 65.3 Å². The van der Waals surface area contributed by atoms with Gasteiger partial charge in [-0.25, -0.2) is 18.7 Å². The summed E-state index contributed by atoms with van der Waals surface area (Å²) in [6, 6.07) is 15.5. The molecule has 0 saturated carbocycles. The number of hydrogen-bond acceptors (Lipinski definition) is 5. The summed E-state index contributed by atoms with van der Waals surface area (Å²) < 4.78 is 43.2. The van der Waals surface area contributed by atoms with Gasteiger partial charge in [-0.15, -0.1) is 0 Å². The predicted molar refractivity (Wildman–Crippen MR) is 168 cm³/mol. The molecule has 3 aromatic heterocycles. The van der Waals surface area contributed by atoms with E-state index in [1.165, 1.54) is 24.3 Å². The number of aliphatic carboxylic acids is 1. The number of fused-ring (bicyclic) bond motifs is 10. The quantitative estimate of drug-likeness (QED) is 0.183. The fourth-order valence-corrected chi connectivity index (χ4v) is 6.37. The van der Waals surface area contributed by atoms with Crippen molar-refractivity contribution in [1.82, 2.24) is 19.9 Å². The highest BCUT2D eigenvalue weighted by molar-refractivity contribution is 5.85. The Morgan fingerprint density at radius 2 is 1.91 bits per heavy atom. The Bertz CT molecular complexity index is 2060. The number of H-pyrrole nitrogens is 2. The highest BCUT2D eigenvalue weighted by atomic mass is 19.1. The number of imidazole rings is 1. The van der Waals surface area contributed by atoms with Crippen LogP contribution in [0.1, 0.15) is 60.2 Å². The zero-order valence-electron chi connectivity index (χ0n) is 25.2. The molecule has 1 aliphatic rings. The first-order valence-electron chi connectivity index (χ1n) is 15.3. The molecule has 4 heterocycles. The maximum atomic E-state index is 15.5. The molecule has 3 N–H and O–H groups in total. The van der Waals surface area contributed by atoms with Crippen LogP contribution in [0.3, 0.4) is 0 Å². The first kappa shape index (κ1) is 29.5. The first-order chi connectivity index (χ1) is 22.3. The van der Waals surface area contributed by atoms with Crippen molar-refractivity contribution in [3.8, 4) is 22.9 Å². The van der Waals surface area contributed by atoms with Crippen molar-refractivity contribution in [2.45, 2.75) is 57.3 Å². The van der Waals surface area contributed by atoms with Gasteiger partial charge < -0.3 is 24.2 Å². The van der Waals surface area contributed by atoms with Crippen molar-refractivity contribution < 1.29 is 27.8 Å². The maximum absolute atomic E-state index is 15.5. The third-order valence-electron chi connectivity index (χ3n) is 8.93. The van der Waals surface area contributed by atoms with Gasteiger partial charge in [-0.05, 0) is 68.0 Å². The number of halogens is 2. The Balaban J connectivity index is 1.33. The Hall–Kier alpha value is -5.25. The summed E-state index contributed by atoms with van der Waals surface area (Å²) >= 11 is 0. The number of aromatic amines is 2. The van der Waals surface area contributed by atoms with Gasteiger partial charge in [0.15, 0.2) is 17.5 Å². The van der Waals surface area contributed by atoms with Gasteiger partial charge in [-0.2, -0.15) is 0 Å². The maximum Gasteiger partial charge on any atom is 0.303 e. The molecule has 8 nitrogen and oxygen atoms in total. The number of hydrogen-bond donors (Lipinski definition) is 3. The summed E-state index contributed by atoms with van der Waals surface area (Å²) in [7, 11) is 0. The predicted octanol–water partition coefficient (Wildman–Crippen LogP) is 8.06. The number of aryl methyl sites for hydroxylation is 4. The summed E-state index contributed by atoms with van der Waals surface area (Å²) in [6.45, 7) is 2.10. The van der Waals surface area contributed by atoms with Crippen molar-refractivity contribution in [2.75, 3.05) is 0 Å². The van der Waals surface area contributed by atoms with E-state index in [2.05, 4.69) is 26.9 Å². The topological polar surface area (TPSA) is 117 Å². The third-order valence-corrected chi connectivity index (χ3v) is 8.93. The second-order valence-corrected chi connectivity index (χ2v) is 12.0. The van der Waals surface area contributed by atoms with Gasteiger partial charge in [0.25, 0.3) is 0 Å². The van der Waals surface area contributed by atoms with Crippen LogP contribution in [0.4, 0.5) is 8.78 Å². The van der Waals surface area contributed by atoms with Gasteiger partial charge in [-0.1, -0.05) is 24.3 Å². The van der Waals surface area contributed by atoms with Gasteiger partial charge in [0.05, 0.1) is 11.8 Å². The number of carbonyl (C=O) groups is 1. The van der Waals surface area contributed by atoms with Crippen molar-refractivity contribution in [1.29, 1.82) is 0 Å². The molecule has 6 bridgehead atoms. The second kappa shape index (κ2) is 11.9. The molecule has 1 unspecified atom stereocenters. The van der Waals surface area contributed by atoms with E-state index >= 15 is 8.78 Å². The molecule has 0 aliphatic carbocycles. The van der Waals surface area contributed by atoms with E-state index in [1.807, 2.05) is 30.3 Å². The van der Waals surface area contributed by atoms with Crippen LogP contribution < -0.4 is 4.74 Å². The van der Waals surface area contributed by atoms with Crippen LogP contribution >= 0.6 is 0 Å². The van der Waals surface area contributed by atoms with E-state index in [0.717, 1.165) is 34.4 Å². The lowest BCUT2D eigenvalue weighted by Crippen LogP contribution is -2.25. The Morgan fingerprint density at radius 3 is 2.78 bits per heavy atom. The van der Waals surface area contributed by atoms with E-state index in [9.17, 15) is 9.90 Å². The number of nitrogens with one attached hydrogen (secondary N) is 2. The normalized spacial score (nSPS) is 16.8. The highest BCUT2D eigenvalue weighted by Crippen LogP contribution is 2.40. The van der Waals surface area contributed by atoms with Crippen LogP contribution in [0.5, 0.6) is 11.5 Å². The molecule has 0 spiro atoms. The average molecular weight is 623 g/mol. The SMILES string of the molecule is CC1(c2cccc(CCC(=O)O)c2)CCCc2cnc(o2)CCc2c(c(F)cc3[nH]ccc23)Oc2ccc(F)c(c2)-c2ncc1[nH]2. The standard InChI is InChI=1S/C36H32F2N4O4/c1-36(22-5-2-4-21(16-22)7-12-33(43)44)14-3-6-24-19-40-32(45-24)11-9-26-25-13-15-39-30(25)18-29(38)34(26)46-23-8-10-28(37)27(17-23)35-41-20-31(36)42-35/h2,4-5,8,10,13,15-20,39H,3,6-7,9,11-12,14H2,1H3,(H,41,42)(H,43,44). The fraction of sp³-hybridized carbons (Fsp3) is 0.250. The van der Waals surface area contributed by atoms with Crippen LogP contribution in [0.25, 0.3) is 22.3 Å². The van der Waals surface area contributed by atoms with E-state index in [1.54, 1.807) is 18.6 Å². The van der Waals surface area contributed by atoms with Crippen LogP contribution in [0, 0.1) is 11.6 Å². The molecular weight excluding hydrogens is 590 g/mol. The molecule has 1 aliphatic heterocycles. The molecule has 0 fully saturated rings. The van der Waals surface area contributed by atoms with E-state index in [4.69, 9.17) is 9.15 Å². The smallest absolute Gasteiger partial charge is 0.303 e.